The molecule has 0 spiro atoms. The normalized spacial score (nSPS) is 58.6. The number of aliphatic hydroxyl groups excluding tert-OH is 1. The first-order valence-electron chi connectivity index (χ1n) is 11.9. The van der Waals surface area contributed by atoms with Gasteiger partial charge in [-0.2, -0.15) is 5.26 Å². The molecule has 2 heterocycles. The molecule has 0 radical (unpaired) electrons. The Morgan fingerprint density at radius 2 is 2.03 bits per heavy atom. The highest BCUT2D eigenvalue weighted by Crippen LogP contribution is 2.75. The lowest BCUT2D eigenvalue weighted by Gasteiger charge is -2.65. The Morgan fingerprint density at radius 1 is 1.30 bits per heavy atom. The van der Waals surface area contributed by atoms with Crippen LogP contribution in [0, 0.1) is 34.0 Å². The van der Waals surface area contributed by atoms with Crippen LogP contribution in [0.15, 0.2) is 23.8 Å². The van der Waals surface area contributed by atoms with E-state index in [4.69, 9.17) is 37.4 Å². The molecule has 0 aromatic carbocycles. The summed E-state index contributed by atoms with van der Waals surface area (Å²) in [5, 5.41) is 21.6. The molecule has 6 nitrogen and oxygen atoms in total. The Labute approximate surface area is 203 Å². The molecule has 0 bridgehead atoms. The van der Waals surface area contributed by atoms with E-state index in [1.165, 1.54) is 6.08 Å². The van der Waals surface area contributed by atoms with Crippen LogP contribution in [0.4, 0.5) is 0 Å². The van der Waals surface area contributed by atoms with Crippen LogP contribution in [0.3, 0.4) is 0 Å². The minimum Gasteiger partial charge on any atom is -0.391 e. The topological polar surface area (TPSA) is 92.1 Å². The maximum Gasteiger partial charge on any atom is 0.209 e. The molecule has 2 saturated heterocycles. The third-order valence-corrected chi connectivity index (χ3v) is 11.3. The summed E-state index contributed by atoms with van der Waals surface area (Å²) in [6.07, 6.45) is 5.52. The minimum atomic E-state index is -1.09. The van der Waals surface area contributed by atoms with Crippen molar-refractivity contribution in [2.24, 2.45) is 22.7 Å². The van der Waals surface area contributed by atoms with Gasteiger partial charge in [-0.25, -0.2) is 0 Å². The van der Waals surface area contributed by atoms with Gasteiger partial charge >= 0.3 is 0 Å². The van der Waals surface area contributed by atoms with Gasteiger partial charge in [0.25, 0.3) is 0 Å². The van der Waals surface area contributed by atoms with Gasteiger partial charge in [0, 0.05) is 10.8 Å². The first-order chi connectivity index (χ1) is 15.5. The molecule has 0 aromatic rings. The number of aliphatic hydroxyl groups is 1. The van der Waals surface area contributed by atoms with Crippen LogP contribution in [-0.4, -0.2) is 57.4 Å². The summed E-state index contributed by atoms with van der Waals surface area (Å²) in [6, 6.07) is 2.40. The molecule has 0 aromatic heterocycles. The summed E-state index contributed by atoms with van der Waals surface area (Å²) in [4.78, 5) is 11.1. The zero-order valence-corrected chi connectivity index (χ0v) is 20.5. The second-order valence-electron chi connectivity index (χ2n) is 11.1. The van der Waals surface area contributed by atoms with Crippen molar-refractivity contribution in [2.45, 2.75) is 86.4 Å². The van der Waals surface area contributed by atoms with E-state index in [9.17, 15) is 15.2 Å². The minimum absolute atomic E-state index is 0.00119. The Morgan fingerprint density at radius 3 is 2.67 bits per heavy atom. The van der Waals surface area contributed by atoms with Crippen molar-refractivity contribution in [3.8, 4) is 6.07 Å². The average molecular weight is 494 g/mol. The highest BCUT2D eigenvalue weighted by atomic mass is 35.5. The number of rotatable bonds is 2. The van der Waals surface area contributed by atoms with Crippen LogP contribution in [0.25, 0.3) is 0 Å². The Bertz CT molecular complexity index is 1030. The van der Waals surface area contributed by atoms with Crippen LogP contribution in [0.1, 0.15) is 46.5 Å². The average Bonchev–Trinajstić information content (AvgIpc) is 3.43. The summed E-state index contributed by atoms with van der Waals surface area (Å²) in [5.74, 6) is -0.272. The predicted molar refractivity (Wildman–Crippen MR) is 121 cm³/mol. The van der Waals surface area contributed by atoms with Crippen molar-refractivity contribution < 1.29 is 24.1 Å². The zero-order valence-electron chi connectivity index (χ0n) is 19.0. The third kappa shape index (κ3) is 2.33. The molecule has 2 aliphatic heterocycles. The van der Waals surface area contributed by atoms with Crippen molar-refractivity contribution in [1.82, 2.24) is 0 Å². The molecular weight excluding hydrogens is 465 g/mol. The van der Waals surface area contributed by atoms with Gasteiger partial charge < -0.3 is 19.3 Å². The summed E-state index contributed by atoms with van der Waals surface area (Å²) >= 11 is 14.4. The summed E-state index contributed by atoms with van der Waals surface area (Å²) in [7, 11) is 0. The molecule has 4 aliphatic carbocycles. The van der Waals surface area contributed by atoms with E-state index in [-0.39, 0.29) is 29.1 Å². The fourth-order valence-electron chi connectivity index (χ4n) is 8.39. The maximum absolute atomic E-state index is 12.2. The highest BCUT2D eigenvalue weighted by Gasteiger charge is 2.85. The number of nitriles is 1. The lowest BCUT2D eigenvalue weighted by molar-refractivity contribution is -0.204. The largest absolute Gasteiger partial charge is 0.391 e. The van der Waals surface area contributed by atoms with E-state index in [0.717, 1.165) is 5.57 Å². The lowest BCUT2D eigenvalue weighted by Crippen LogP contribution is -2.71. The lowest BCUT2D eigenvalue weighted by atomic mass is 9.45. The molecule has 3 saturated carbocycles. The van der Waals surface area contributed by atoms with Gasteiger partial charge in [0.2, 0.25) is 5.60 Å². The highest BCUT2D eigenvalue weighted by molar-refractivity contribution is 6.28. The van der Waals surface area contributed by atoms with E-state index >= 15 is 0 Å². The van der Waals surface area contributed by atoms with Gasteiger partial charge in [0.15, 0.2) is 12.1 Å². The van der Waals surface area contributed by atoms with E-state index in [0.29, 0.717) is 32.3 Å². The Balaban J connectivity index is 1.50. The van der Waals surface area contributed by atoms with Crippen LogP contribution in [-0.2, 0) is 19.0 Å². The second-order valence-corrected chi connectivity index (χ2v) is 12.3. The van der Waals surface area contributed by atoms with Gasteiger partial charge in [0.05, 0.1) is 29.1 Å². The van der Waals surface area contributed by atoms with E-state index in [2.05, 4.69) is 13.0 Å². The van der Waals surface area contributed by atoms with Gasteiger partial charge in [0.1, 0.15) is 11.7 Å². The third-order valence-electron chi connectivity index (χ3n) is 9.97. The molecule has 11 atom stereocenters. The number of halogens is 2. The maximum atomic E-state index is 12.2. The summed E-state index contributed by atoms with van der Waals surface area (Å²) < 4.78 is 18.8. The molecule has 2 unspecified atom stereocenters. The van der Waals surface area contributed by atoms with Crippen LogP contribution in [0.2, 0.25) is 0 Å². The summed E-state index contributed by atoms with van der Waals surface area (Å²) in [5.41, 5.74) is -2.65. The monoisotopic (exact) mass is 493 g/mol. The van der Waals surface area contributed by atoms with E-state index in [1.807, 2.05) is 19.9 Å². The Kier molecular flexibility index (Phi) is 4.52. The molecule has 6 aliphatic rings. The zero-order chi connectivity index (χ0) is 23.6. The molecule has 8 heteroatoms. The smallest absolute Gasteiger partial charge is 0.209 e. The van der Waals surface area contributed by atoms with Crippen molar-refractivity contribution in [2.75, 3.05) is 6.61 Å². The number of nitrogens with zero attached hydrogens (tertiary/aromatic N) is 1. The van der Waals surface area contributed by atoms with E-state index < -0.39 is 39.3 Å². The number of allylic oxidation sites excluding steroid dienone is 4. The molecule has 6 rings (SSSR count). The molecule has 5 fully saturated rings. The number of carbonyl (C=O) groups is 1. The van der Waals surface area contributed by atoms with Crippen LogP contribution in [0.5, 0.6) is 0 Å². The predicted octanol–water partition coefficient (Wildman–Crippen LogP) is 3.64. The van der Waals surface area contributed by atoms with Crippen molar-refractivity contribution in [1.29, 1.82) is 5.26 Å². The number of ether oxygens (including phenoxy) is 3. The number of fused-ring (bicyclic) bond motifs is 7. The van der Waals surface area contributed by atoms with Gasteiger partial charge in [-0.1, -0.05) is 26.8 Å². The summed E-state index contributed by atoms with van der Waals surface area (Å²) in [6.45, 7) is 6.38. The van der Waals surface area contributed by atoms with Crippen molar-refractivity contribution in [3.63, 3.8) is 0 Å². The standard InChI is InChI=1S/C25H29Cl2NO5/c1-4-20-32-19-9-14-15-8-17(26)16-7-13(29)5-6-21(16,2)24(15,27)18(30)10-22(14,3)25(19,33-20)23(11-28)12-31-23/h5-7,14-15,17-20,30H,4,8-10,12H2,1-3H3/t14-,15-,17-,18-,19+,20?,21-,22-,23?,24-,25+/m0/s1. The first-order valence-corrected chi connectivity index (χ1v) is 12.7. The fraction of sp³-hybridized carbons (Fsp3) is 0.760. The number of hydrogen-bond donors (Lipinski definition) is 1. The number of ketones is 1. The SMILES string of the molecule is CCC1O[C@@H]2C[C@H]3[C@@H]4C[C@H](Cl)C5=CC(=O)C=C[C@]5(C)[C@@]4(Cl)[C@@H](O)C[C@]3(C)[C@]2(C2(C#N)CO2)O1. The van der Waals surface area contributed by atoms with Crippen molar-refractivity contribution >= 4 is 29.0 Å². The molecule has 178 valence electrons. The van der Waals surface area contributed by atoms with Gasteiger partial charge in [-0.3, -0.25) is 4.79 Å². The Hall–Kier alpha value is -0.940. The van der Waals surface area contributed by atoms with Gasteiger partial charge in [-0.05, 0) is 55.2 Å². The number of alkyl halides is 2. The van der Waals surface area contributed by atoms with E-state index in [1.54, 1.807) is 6.08 Å². The fourth-order valence-corrected chi connectivity index (χ4v) is 9.36. The quantitative estimate of drug-likeness (QED) is 0.466. The van der Waals surface area contributed by atoms with Crippen LogP contribution >= 0.6 is 23.2 Å². The van der Waals surface area contributed by atoms with Crippen molar-refractivity contribution in [3.05, 3.63) is 23.8 Å². The number of epoxide rings is 1. The molecule has 0 amide bonds. The first kappa shape index (κ1) is 22.5. The van der Waals surface area contributed by atoms with Gasteiger partial charge in [-0.15, -0.1) is 23.2 Å². The van der Waals surface area contributed by atoms with Crippen LogP contribution < -0.4 is 0 Å². The number of hydrogen-bond acceptors (Lipinski definition) is 6. The molecular formula is C25H29Cl2NO5. The number of carbonyl (C=O) groups excluding carboxylic acids is 1. The molecule has 33 heavy (non-hydrogen) atoms. The molecule has 1 N–H and O–H groups in total. The second kappa shape index (κ2) is 6.63.